The van der Waals surface area contributed by atoms with Crippen LogP contribution in [0, 0.1) is 0 Å². The zero-order valence-electron chi connectivity index (χ0n) is 17.1. The summed E-state index contributed by atoms with van der Waals surface area (Å²) in [6.07, 6.45) is 4.88. The highest BCUT2D eigenvalue weighted by Gasteiger charge is 2.37. The van der Waals surface area contributed by atoms with Crippen molar-refractivity contribution >= 4 is 33.1 Å². The van der Waals surface area contributed by atoms with Gasteiger partial charge >= 0.3 is 0 Å². The first kappa shape index (κ1) is 19.6. The maximum atomic E-state index is 12.1. The van der Waals surface area contributed by atoms with Crippen LogP contribution in [0.3, 0.4) is 0 Å². The summed E-state index contributed by atoms with van der Waals surface area (Å²) in [6.45, 7) is 6.98. The minimum absolute atomic E-state index is 0.0434. The van der Waals surface area contributed by atoms with Crippen molar-refractivity contribution in [2.24, 2.45) is 0 Å². The van der Waals surface area contributed by atoms with Gasteiger partial charge in [-0.05, 0) is 64.5 Å². The number of thiophene rings is 1. The van der Waals surface area contributed by atoms with Crippen LogP contribution in [0.4, 0.5) is 5.69 Å². The lowest BCUT2D eigenvalue weighted by Crippen LogP contribution is -2.52. The molecule has 28 heavy (non-hydrogen) atoms. The molecule has 0 radical (unpaired) electrons. The summed E-state index contributed by atoms with van der Waals surface area (Å²) in [6, 6.07) is 4.86. The van der Waals surface area contributed by atoms with Crippen molar-refractivity contribution in [3.8, 4) is 0 Å². The van der Waals surface area contributed by atoms with Gasteiger partial charge in [-0.1, -0.05) is 6.92 Å². The molecule has 0 saturated carbocycles. The van der Waals surface area contributed by atoms with Crippen molar-refractivity contribution in [1.29, 1.82) is 0 Å². The monoisotopic (exact) mass is 401 g/mol. The summed E-state index contributed by atoms with van der Waals surface area (Å²) in [5.41, 5.74) is 7.92. The summed E-state index contributed by atoms with van der Waals surface area (Å²) >= 11 is 1.40. The van der Waals surface area contributed by atoms with E-state index in [9.17, 15) is 4.79 Å². The standard InChI is InChI=1S/C21H31N5OS/c1-21(9-4-10-26(13-21)14-7-11-25(3)12-8-14)16-6-5-15-17(22)18(19(27)23-2)28-20(15)24-16/h5-6,14H,4,7-13,22H2,1-3H3,(H,23,27)/t21-/m1/s1. The Hall–Kier alpha value is -1.70. The van der Waals surface area contributed by atoms with Crippen LogP contribution in [0.15, 0.2) is 12.1 Å². The molecule has 0 aliphatic carbocycles. The number of carbonyl (C=O) groups excluding carboxylic acids is 1. The van der Waals surface area contributed by atoms with Gasteiger partial charge in [0.25, 0.3) is 5.91 Å². The Labute approximate surface area is 171 Å². The Morgan fingerprint density at radius 3 is 2.79 bits per heavy atom. The van der Waals surface area contributed by atoms with Gasteiger partial charge in [-0.2, -0.15) is 0 Å². The number of amides is 1. The first-order valence-electron chi connectivity index (χ1n) is 10.3. The van der Waals surface area contributed by atoms with Gasteiger partial charge in [0.1, 0.15) is 9.71 Å². The third kappa shape index (κ3) is 3.51. The molecule has 4 heterocycles. The van der Waals surface area contributed by atoms with E-state index in [0.717, 1.165) is 28.9 Å². The summed E-state index contributed by atoms with van der Waals surface area (Å²) in [5.74, 6) is -0.139. The fourth-order valence-electron chi connectivity index (χ4n) is 4.78. The smallest absolute Gasteiger partial charge is 0.263 e. The predicted octanol–water partition coefficient (Wildman–Crippen LogP) is 2.69. The molecule has 6 nitrogen and oxygen atoms in total. The van der Waals surface area contributed by atoms with E-state index in [-0.39, 0.29) is 11.3 Å². The molecule has 4 rings (SSSR count). The molecule has 2 aliphatic rings. The lowest BCUT2D eigenvalue weighted by Gasteiger charge is -2.45. The van der Waals surface area contributed by atoms with Crippen LogP contribution in [0.1, 0.15) is 48.0 Å². The number of anilines is 1. The predicted molar refractivity (Wildman–Crippen MR) is 116 cm³/mol. The molecule has 152 valence electrons. The average molecular weight is 402 g/mol. The molecule has 2 saturated heterocycles. The number of nitrogens with zero attached hydrogens (tertiary/aromatic N) is 3. The SMILES string of the molecule is CNC(=O)c1sc2nc([C@]3(C)CCCN(C4CCN(C)CC4)C3)ccc2c1N. The molecular formula is C21H31N5OS. The van der Waals surface area contributed by atoms with Gasteiger partial charge in [0.2, 0.25) is 0 Å². The highest BCUT2D eigenvalue weighted by Crippen LogP contribution is 2.38. The Bertz CT molecular complexity index is 873. The number of fused-ring (bicyclic) bond motifs is 1. The van der Waals surface area contributed by atoms with E-state index >= 15 is 0 Å². The van der Waals surface area contributed by atoms with Gasteiger partial charge < -0.3 is 16.0 Å². The molecule has 2 aromatic heterocycles. The van der Waals surface area contributed by atoms with Gasteiger partial charge in [-0.15, -0.1) is 11.3 Å². The Morgan fingerprint density at radius 2 is 2.07 bits per heavy atom. The van der Waals surface area contributed by atoms with Crippen LogP contribution in [-0.2, 0) is 5.41 Å². The second-order valence-electron chi connectivity index (χ2n) is 8.64. The van der Waals surface area contributed by atoms with Gasteiger partial charge in [0, 0.05) is 36.1 Å². The maximum Gasteiger partial charge on any atom is 0.263 e. The van der Waals surface area contributed by atoms with Crippen LogP contribution in [-0.4, -0.2) is 67.0 Å². The van der Waals surface area contributed by atoms with Gasteiger partial charge in [0.15, 0.2) is 0 Å². The quantitative estimate of drug-likeness (QED) is 0.827. The molecule has 1 atom stereocenters. The second-order valence-corrected chi connectivity index (χ2v) is 9.64. The number of likely N-dealkylation sites (tertiary alicyclic amines) is 2. The number of pyridine rings is 1. The Morgan fingerprint density at radius 1 is 1.32 bits per heavy atom. The number of hydrogen-bond acceptors (Lipinski definition) is 6. The number of piperidine rings is 2. The zero-order valence-corrected chi connectivity index (χ0v) is 17.9. The minimum atomic E-state index is -0.139. The molecule has 2 aromatic rings. The van der Waals surface area contributed by atoms with E-state index in [4.69, 9.17) is 10.7 Å². The summed E-state index contributed by atoms with van der Waals surface area (Å²) in [4.78, 5) is 23.6. The van der Waals surface area contributed by atoms with Crippen molar-refractivity contribution < 1.29 is 4.79 Å². The molecule has 1 amide bonds. The fraction of sp³-hybridized carbons (Fsp3) is 0.619. The van der Waals surface area contributed by atoms with E-state index in [1.165, 1.54) is 50.2 Å². The Kier molecular flexibility index (Phi) is 5.33. The number of hydrogen-bond donors (Lipinski definition) is 2. The molecule has 0 unspecified atom stereocenters. The first-order valence-corrected chi connectivity index (χ1v) is 11.1. The van der Waals surface area contributed by atoms with E-state index in [0.29, 0.717) is 16.6 Å². The molecule has 2 aliphatic heterocycles. The molecule has 3 N–H and O–H groups in total. The lowest BCUT2D eigenvalue weighted by molar-refractivity contribution is 0.0690. The number of nitrogens with two attached hydrogens (primary N) is 1. The van der Waals surface area contributed by atoms with E-state index in [1.54, 1.807) is 7.05 Å². The maximum absolute atomic E-state index is 12.1. The minimum Gasteiger partial charge on any atom is -0.397 e. The van der Waals surface area contributed by atoms with Crippen molar-refractivity contribution in [2.45, 2.75) is 44.1 Å². The van der Waals surface area contributed by atoms with Crippen LogP contribution in [0.25, 0.3) is 10.2 Å². The number of nitrogens with one attached hydrogen (secondary N) is 1. The van der Waals surface area contributed by atoms with Gasteiger partial charge in [-0.25, -0.2) is 4.98 Å². The average Bonchev–Trinajstić information content (AvgIpc) is 3.04. The van der Waals surface area contributed by atoms with Crippen LogP contribution < -0.4 is 11.1 Å². The molecule has 2 fully saturated rings. The largest absolute Gasteiger partial charge is 0.397 e. The number of carbonyl (C=O) groups is 1. The molecule has 0 bridgehead atoms. The van der Waals surface area contributed by atoms with Crippen molar-refractivity contribution in [3.05, 3.63) is 22.7 Å². The summed E-state index contributed by atoms with van der Waals surface area (Å²) in [5, 5.41) is 3.56. The Balaban J connectivity index is 1.60. The van der Waals surface area contributed by atoms with Crippen LogP contribution >= 0.6 is 11.3 Å². The number of aromatic nitrogens is 1. The number of nitrogen functional groups attached to an aromatic ring is 1. The lowest BCUT2D eigenvalue weighted by atomic mass is 9.77. The first-order chi connectivity index (χ1) is 13.4. The summed E-state index contributed by atoms with van der Waals surface area (Å²) in [7, 11) is 3.85. The highest BCUT2D eigenvalue weighted by atomic mass is 32.1. The molecule has 0 spiro atoms. The molecule has 7 heteroatoms. The van der Waals surface area contributed by atoms with Crippen molar-refractivity contribution in [1.82, 2.24) is 20.1 Å². The van der Waals surface area contributed by atoms with E-state index in [2.05, 4.69) is 41.2 Å². The molecular weight excluding hydrogens is 370 g/mol. The van der Waals surface area contributed by atoms with Crippen LogP contribution in [0.2, 0.25) is 0 Å². The fourth-order valence-corrected chi connectivity index (χ4v) is 5.82. The topological polar surface area (TPSA) is 74.5 Å². The van der Waals surface area contributed by atoms with E-state index < -0.39 is 0 Å². The highest BCUT2D eigenvalue weighted by molar-refractivity contribution is 7.21. The third-order valence-electron chi connectivity index (χ3n) is 6.58. The van der Waals surface area contributed by atoms with Crippen molar-refractivity contribution in [2.75, 3.05) is 46.0 Å². The van der Waals surface area contributed by atoms with Crippen molar-refractivity contribution in [3.63, 3.8) is 0 Å². The van der Waals surface area contributed by atoms with Crippen LogP contribution in [0.5, 0.6) is 0 Å². The third-order valence-corrected chi connectivity index (χ3v) is 7.69. The normalized spacial score (nSPS) is 25.2. The summed E-state index contributed by atoms with van der Waals surface area (Å²) < 4.78 is 0. The second kappa shape index (κ2) is 7.61. The number of rotatable bonds is 3. The zero-order chi connectivity index (χ0) is 19.9. The van der Waals surface area contributed by atoms with Gasteiger partial charge in [-0.3, -0.25) is 9.69 Å². The molecule has 0 aromatic carbocycles. The van der Waals surface area contributed by atoms with E-state index in [1.807, 2.05) is 0 Å². The van der Waals surface area contributed by atoms with Gasteiger partial charge in [0.05, 0.1) is 5.69 Å².